The molecular formula is C15H17N3O4S2. The lowest BCUT2D eigenvalue weighted by Gasteiger charge is -2.35. The molecule has 9 heteroatoms. The molecule has 2 heterocycles. The molecule has 0 N–H and O–H groups in total. The second kappa shape index (κ2) is 7.04. The largest absolute Gasteiger partial charge is 0.372 e. The van der Waals surface area contributed by atoms with Crippen LogP contribution in [0.4, 0.5) is 5.69 Å². The zero-order chi connectivity index (χ0) is 17.3. The van der Waals surface area contributed by atoms with Crippen molar-refractivity contribution in [3.8, 4) is 0 Å². The van der Waals surface area contributed by atoms with Gasteiger partial charge in [0.25, 0.3) is 5.69 Å². The Morgan fingerprint density at radius 1 is 1.46 bits per heavy atom. The smallest absolute Gasteiger partial charge is 0.270 e. The van der Waals surface area contributed by atoms with Gasteiger partial charge in [-0.05, 0) is 19.9 Å². The number of nitro groups is 1. The highest BCUT2D eigenvalue weighted by Gasteiger charge is 2.26. The Labute approximate surface area is 147 Å². The van der Waals surface area contributed by atoms with Crippen molar-refractivity contribution in [1.82, 2.24) is 9.88 Å². The molecule has 1 aliphatic rings. The van der Waals surface area contributed by atoms with Gasteiger partial charge >= 0.3 is 0 Å². The molecule has 3 rings (SSSR count). The van der Waals surface area contributed by atoms with Gasteiger partial charge in [-0.1, -0.05) is 11.8 Å². The van der Waals surface area contributed by atoms with E-state index in [1.807, 2.05) is 18.7 Å². The van der Waals surface area contributed by atoms with Crippen molar-refractivity contribution in [1.29, 1.82) is 0 Å². The third kappa shape index (κ3) is 3.85. The molecule has 128 valence electrons. The summed E-state index contributed by atoms with van der Waals surface area (Å²) < 4.78 is 7.13. The van der Waals surface area contributed by atoms with E-state index >= 15 is 0 Å². The maximum absolute atomic E-state index is 12.4. The second-order valence-electron chi connectivity index (χ2n) is 5.73. The van der Waals surface area contributed by atoms with E-state index in [4.69, 9.17) is 4.74 Å². The average molecular weight is 367 g/mol. The first-order valence-electron chi connectivity index (χ1n) is 7.53. The molecule has 0 aliphatic carbocycles. The lowest BCUT2D eigenvalue weighted by atomic mass is 10.2. The van der Waals surface area contributed by atoms with Crippen molar-refractivity contribution in [2.75, 3.05) is 18.8 Å². The van der Waals surface area contributed by atoms with E-state index < -0.39 is 4.92 Å². The number of nitrogens with zero attached hydrogens (tertiary/aromatic N) is 3. The van der Waals surface area contributed by atoms with Crippen LogP contribution < -0.4 is 0 Å². The number of aromatic nitrogens is 1. The number of nitro benzene ring substituents is 1. The van der Waals surface area contributed by atoms with Crippen LogP contribution in [-0.4, -0.2) is 51.8 Å². The fraction of sp³-hybridized carbons (Fsp3) is 0.467. The SMILES string of the molecule is C[C@H]1CN(C(=O)CSc2nc3ccc([N+](=O)[O-])cc3s2)C[C@H](C)O1. The van der Waals surface area contributed by atoms with E-state index in [0.29, 0.717) is 24.4 Å². The summed E-state index contributed by atoms with van der Waals surface area (Å²) in [5.41, 5.74) is 0.768. The summed E-state index contributed by atoms with van der Waals surface area (Å²) in [6.45, 7) is 5.14. The average Bonchev–Trinajstić information content (AvgIpc) is 2.93. The molecular weight excluding hydrogens is 350 g/mol. The van der Waals surface area contributed by atoms with Gasteiger partial charge in [0.2, 0.25) is 5.91 Å². The highest BCUT2D eigenvalue weighted by molar-refractivity contribution is 8.01. The van der Waals surface area contributed by atoms with Gasteiger partial charge in [0, 0.05) is 25.2 Å². The van der Waals surface area contributed by atoms with Gasteiger partial charge in [0.05, 0.1) is 33.1 Å². The minimum Gasteiger partial charge on any atom is -0.372 e. The number of ether oxygens (including phenoxy) is 1. The summed E-state index contributed by atoms with van der Waals surface area (Å²) in [5, 5.41) is 10.8. The van der Waals surface area contributed by atoms with Crippen LogP contribution in [0.3, 0.4) is 0 Å². The molecule has 0 bridgehead atoms. The van der Waals surface area contributed by atoms with Gasteiger partial charge in [-0.25, -0.2) is 4.98 Å². The number of thiazole rings is 1. The molecule has 2 aromatic rings. The fourth-order valence-electron chi connectivity index (χ4n) is 2.66. The summed E-state index contributed by atoms with van der Waals surface area (Å²) in [6.07, 6.45) is 0.0939. The normalized spacial score (nSPS) is 21.2. The maximum atomic E-state index is 12.4. The Kier molecular flexibility index (Phi) is 5.02. The van der Waals surface area contributed by atoms with Gasteiger partial charge in [-0.3, -0.25) is 14.9 Å². The zero-order valence-corrected chi connectivity index (χ0v) is 14.9. The molecule has 1 fully saturated rings. The Hall–Kier alpha value is -1.71. The molecule has 0 unspecified atom stereocenters. The van der Waals surface area contributed by atoms with Gasteiger partial charge < -0.3 is 9.64 Å². The number of rotatable bonds is 4. The van der Waals surface area contributed by atoms with Crippen molar-refractivity contribution < 1.29 is 14.5 Å². The Morgan fingerprint density at radius 3 is 2.83 bits per heavy atom. The van der Waals surface area contributed by atoms with Crippen LogP contribution in [0, 0.1) is 10.1 Å². The van der Waals surface area contributed by atoms with Gasteiger partial charge in [0.15, 0.2) is 4.34 Å². The van der Waals surface area contributed by atoms with E-state index in [0.717, 1.165) is 9.04 Å². The number of benzene rings is 1. The minimum absolute atomic E-state index is 0.0469. The van der Waals surface area contributed by atoms with Gasteiger partial charge in [-0.15, -0.1) is 11.3 Å². The molecule has 0 saturated carbocycles. The lowest BCUT2D eigenvalue weighted by molar-refractivity contribution is -0.384. The van der Waals surface area contributed by atoms with E-state index in [9.17, 15) is 14.9 Å². The number of carbonyl (C=O) groups excluding carboxylic acids is 1. The summed E-state index contributed by atoms with van der Waals surface area (Å²) in [4.78, 5) is 29.0. The maximum Gasteiger partial charge on any atom is 0.270 e. The summed E-state index contributed by atoms with van der Waals surface area (Å²) in [5.74, 6) is 0.369. The minimum atomic E-state index is -0.420. The first-order chi connectivity index (χ1) is 11.4. The molecule has 1 amide bonds. The Morgan fingerprint density at radius 2 is 2.17 bits per heavy atom. The number of fused-ring (bicyclic) bond motifs is 1. The van der Waals surface area contributed by atoms with Crippen molar-refractivity contribution >= 4 is 44.9 Å². The van der Waals surface area contributed by atoms with Crippen LogP contribution in [0.1, 0.15) is 13.8 Å². The molecule has 1 aromatic heterocycles. The molecule has 0 radical (unpaired) electrons. The molecule has 1 aromatic carbocycles. The van der Waals surface area contributed by atoms with E-state index in [2.05, 4.69) is 4.98 Å². The number of morpholine rings is 1. The summed E-state index contributed by atoms with van der Waals surface area (Å²) >= 11 is 2.74. The van der Waals surface area contributed by atoms with Crippen LogP contribution in [0.25, 0.3) is 10.2 Å². The van der Waals surface area contributed by atoms with Crippen LogP contribution in [0.5, 0.6) is 0 Å². The Balaban J connectivity index is 1.64. The summed E-state index contributed by atoms with van der Waals surface area (Å²) in [7, 11) is 0. The molecule has 1 aliphatic heterocycles. The number of carbonyl (C=O) groups is 1. The van der Waals surface area contributed by atoms with E-state index in [-0.39, 0.29) is 23.8 Å². The zero-order valence-electron chi connectivity index (χ0n) is 13.3. The molecule has 0 spiro atoms. The topological polar surface area (TPSA) is 85.6 Å². The van der Waals surface area contributed by atoms with Crippen molar-refractivity contribution in [3.63, 3.8) is 0 Å². The monoisotopic (exact) mass is 367 g/mol. The standard InChI is InChI=1S/C15H17N3O4S2/c1-9-6-17(7-10(2)22-9)14(19)8-23-15-16-12-4-3-11(18(20)21)5-13(12)24-15/h3-5,9-10H,6-8H2,1-2H3/t9-,10-/m0/s1. The third-order valence-corrected chi connectivity index (χ3v) is 5.80. The molecule has 2 atom stereocenters. The van der Waals surface area contributed by atoms with Crippen LogP contribution in [0.2, 0.25) is 0 Å². The molecule has 7 nitrogen and oxygen atoms in total. The van der Waals surface area contributed by atoms with Crippen molar-refractivity contribution in [2.24, 2.45) is 0 Å². The highest BCUT2D eigenvalue weighted by atomic mass is 32.2. The van der Waals surface area contributed by atoms with Crippen molar-refractivity contribution in [3.05, 3.63) is 28.3 Å². The summed E-state index contributed by atoms with van der Waals surface area (Å²) in [6, 6.07) is 4.60. The van der Waals surface area contributed by atoms with E-state index in [1.165, 1.54) is 35.2 Å². The van der Waals surface area contributed by atoms with Crippen LogP contribution in [-0.2, 0) is 9.53 Å². The number of non-ortho nitro benzene ring substituents is 1. The van der Waals surface area contributed by atoms with Crippen molar-refractivity contribution in [2.45, 2.75) is 30.4 Å². The predicted octanol–water partition coefficient (Wildman–Crippen LogP) is 2.93. The lowest BCUT2D eigenvalue weighted by Crippen LogP contribution is -2.48. The second-order valence-corrected chi connectivity index (χ2v) is 7.99. The number of amides is 1. The first-order valence-corrected chi connectivity index (χ1v) is 9.33. The number of hydrogen-bond acceptors (Lipinski definition) is 7. The highest BCUT2D eigenvalue weighted by Crippen LogP contribution is 2.32. The van der Waals surface area contributed by atoms with Crippen LogP contribution in [0.15, 0.2) is 22.5 Å². The molecule has 24 heavy (non-hydrogen) atoms. The fourth-order valence-corrected chi connectivity index (χ4v) is 4.67. The van der Waals surface area contributed by atoms with Gasteiger partial charge in [-0.2, -0.15) is 0 Å². The Bertz CT molecular complexity index is 769. The number of thioether (sulfide) groups is 1. The third-order valence-electron chi connectivity index (χ3n) is 3.65. The van der Waals surface area contributed by atoms with E-state index in [1.54, 1.807) is 6.07 Å². The first kappa shape index (κ1) is 17.1. The van der Waals surface area contributed by atoms with Crippen LogP contribution >= 0.6 is 23.1 Å². The molecule has 1 saturated heterocycles. The quantitative estimate of drug-likeness (QED) is 0.469. The van der Waals surface area contributed by atoms with Gasteiger partial charge in [0.1, 0.15) is 0 Å². The number of hydrogen-bond donors (Lipinski definition) is 0. The predicted molar refractivity (Wildman–Crippen MR) is 93.6 cm³/mol.